The van der Waals surface area contributed by atoms with E-state index in [-0.39, 0.29) is 16.7 Å². The van der Waals surface area contributed by atoms with Gasteiger partial charge in [-0.25, -0.2) is 4.98 Å². The Bertz CT molecular complexity index is 967. The van der Waals surface area contributed by atoms with Crippen molar-refractivity contribution in [2.75, 3.05) is 18.0 Å². The molecule has 6 nitrogen and oxygen atoms in total. The second-order valence-corrected chi connectivity index (χ2v) is 9.30. The molecular formula is C19H22N4O2S. The van der Waals surface area contributed by atoms with Gasteiger partial charge in [0.15, 0.2) is 11.1 Å². The molecule has 0 radical (unpaired) electrons. The minimum atomic E-state index is 0.0801. The van der Waals surface area contributed by atoms with Crippen molar-refractivity contribution in [3.05, 3.63) is 23.7 Å². The van der Waals surface area contributed by atoms with Gasteiger partial charge in [0.2, 0.25) is 0 Å². The van der Waals surface area contributed by atoms with Gasteiger partial charge in [-0.1, -0.05) is 20.8 Å². The fourth-order valence-corrected chi connectivity index (χ4v) is 4.87. The van der Waals surface area contributed by atoms with Crippen LogP contribution in [0.15, 0.2) is 28.1 Å². The molecular weight excluding hydrogens is 348 g/mol. The zero-order valence-corrected chi connectivity index (χ0v) is 15.9. The molecule has 2 atom stereocenters. The molecule has 0 amide bonds. The molecule has 6 rings (SSSR count). The standard InChI is InChI=1S/C19H22N4O2S/c1-18(2,3)19-8-11(22-19)9-23(10-19)17-21-14-13(24)5-4-12(15(14)25-17)16-20-6-7-26-16/h4-7,11,22,24H,8-10H2,1-3H3. The van der Waals surface area contributed by atoms with E-state index in [2.05, 4.69) is 41.0 Å². The van der Waals surface area contributed by atoms with Gasteiger partial charge in [-0.3, -0.25) is 0 Å². The van der Waals surface area contributed by atoms with Crippen LogP contribution in [0.25, 0.3) is 21.7 Å². The second kappa shape index (κ2) is 5.20. The number of piperidine rings is 1. The molecule has 7 heteroatoms. The van der Waals surface area contributed by atoms with E-state index in [1.165, 1.54) is 6.42 Å². The van der Waals surface area contributed by atoms with Crippen molar-refractivity contribution in [1.82, 2.24) is 15.3 Å². The van der Waals surface area contributed by atoms with Gasteiger partial charge in [0, 0.05) is 36.2 Å². The Balaban J connectivity index is 1.57. The average Bonchev–Trinajstić information content (AvgIpc) is 3.23. The first-order chi connectivity index (χ1) is 12.4. The fourth-order valence-electron chi connectivity index (χ4n) is 4.21. The molecule has 136 valence electrons. The van der Waals surface area contributed by atoms with E-state index in [9.17, 15) is 5.11 Å². The van der Waals surface area contributed by atoms with Gasteiger partial charge in [0.25, 0.3) is 6.01 Å². The topological polar surface area (TPSA) is 74.4 Å². The number of nitrogens with one attached hydrogen (secondary N) is 1. The maximum absolute atomic E-state index is 10.3. The maximum Gasteiger partial charge on any atom is 0.298 e. The van der Waals surface area contributed by atoms with Crippen molar-refractivity contribution in [1.29, 1.82) is 0 Å². The zero-order chi connectivity index (χ0) is 18.1. The van der Waals surface area contributed by atoms with E-state index < -0.39 is 0 Å². The van der Waals surface area contributed by atoms with E-state index in [0.29, 0.717) is 23.2 Å². The second-order valence-electron chi connectivity index (χ2n) is 8.40. The highest BCUT2D eigenvalue weighted by atomic mass is 32.1. The van der Waals surface area contributed by atoms with Gasteiger partial charge < -0.3 is 19.7 Å². The van der Waals surface area contributed by atoms with Gasteiger partial charge in [0.05, 0.1) is 5.56 Å². The minimum Gasteiger partial charge on any atom is -0.506 e. The Hall–Kier alpha value is -2.12. The number of anilines is 1. The van der Waals surface area contributed by atoms with Gasteiger partial charge in [0.1, 0.15) is 10.8 Å². The molecule has 0 aliphatic carbocycles. The Morgan fingerprint density at radius 3 is 2.88 bits per heavy atom. The zero-order valence-electron chi connectivity index (χ0n) is 15.1. The van der Waals surface area contributed by atoms with Crippen molar-refractivity contribution in [3.63, 3.8) is 0 Å². The number of benzene rings is 1. The number of thiazole rings is 1. The molecule has 1 aromatic carbocycles. The summed E-state index contributed by atoms with van der Waals surface area (Å²) in [7, 11) is 0. The highest BCUT2D eigenvalue weighted by molar-refractivity contribution is 7.13. The molecule has 2 unspecified atom stereocenters. The summed E-state index contributed by atoms with van der Waals surface area (Å²) >= 11 is 1.55. The lowest BCUT2D eigenvalue weighted by Gasteiger charge is -2.62. The Kier molecular flexibility index (Phi) is 3.22. The molecule has 3 aliphatic heterocycles. The van der Waals surface area contributed by atoms with Crippen molar-refractivity contribution in [2.24, 2.45) is 5.41 Å². The third kappa shape index (κ3) is 2.20. The Morgan fingerprint density at radius 2 is 2.19 bits per heavy atom. The van der Waals surface area contributed by atoms with Crippen molar-refractivity contribution in [2.45, 2.75) is 38.8 Å². The van der Waals surface area contributed by atoms with Crippen LogP contribution < -0.4 is 10.2 Å². The number of phenolic OH excluding ortho intramolecular Hbond substituents is 1. The van der Waals surface area contributed by atoms with Gasteiger partial charge in [-0.15, -0.1) is 11.3 Å². The summed E-state index contributed by atoms with van der Waals surface area (Å²) in [4.78, 5) is 11.2. The van der Waals surface area contributed by atoms with E-state index in [0.717, 1.165) is 23.7 Å². The monoisotopic (exact) mass is 370 g/mol. The van der Waals surface area contributed by atoms with Gasteiger partial charge >= 0.3 is 0 Å². The summed E-state index contributed by atoms with van der Waals surface area (Å²) in [5.41, 5.74) is 2.22. The maximum atomic E-state index is 10.3. The van der Waals surface area contributed by atoms with Gasteiger partial charge in [-0.2, -0.15) is 4.98 Å². The summed E-state index contributed by atoms with van der Waals surface area (Å²) in [6.45, 7) is 8.56. The molecule has 3 fully saturated rings. The minimum absolute atomic E-state index is 0.0801. The lowest BCUT2D eigenvalue weighted by molar-refractivity contribution is 0.00504. The van der Waals surface area contributed by atoms with Crippen molar-refractivity contribution >= 4 is 28.5 Å². The van der Waals surface area contributed by atoms with Crippen LogP contribution in [-0.4, -0.2) is 39.7 Å². The van der Waals surface area contributed by atoms with Gasteiger partial charge in [-0.05, 0) is 24.0 Å². The molecule has 3 aliphatic rings. The number of rotatable bonds is 2. The molecule has 3 saturated heterocycles. The van der Waals surface area contributed by atoms with Crippen LogP contribution in [0, 0.1) is 5.41 Å². The van der Waals surface area contributed by atoms with E-state index >= 15 is 0 Å². The number of nitrogens with zero attached hydrogens (tertiary/aromatic N) is 3. The number of phenols is 1. The number of fused-ring (bicyclic) bond motifs is 3. The number of oxazole rings is 1. The number of hydrogen-bond acceptors (Lipinski definition) is 7. The van der Waals surface area contributed by atoms with Crippen LogP contribution in [-0.2, 0) is 0 Å². The highest BCUT2D eigenvalue weighted by Crippen LogP contribution is 2.46. The predicted molar refractivity (Wildman–Crippen MR) is 103 cm³/mol. The van der Waals surface area contributed by atoms with Crippen LogP contribution >= 0.6 is 11.3 Å². The van der Waals surface area contributed by atoms with Crippen LogP contribution in [0.5, 0.6) is 5.75 Å². The fraction of sp³-hybridized carbons (Fsp3) is 0.474. The molecule has 26 heavy (non-hydrogen) atoms. The number of hydrogen-bond donors (Lipinski definition) is 2. The molecule has 0 spiro atoms. The largest absolute Gasteiger partial charge is 0.506 e. The van der Waals surface area contributed by atoms with Crippen LogP contribution in [0.4, 0.5) is 6.01 Å². The summed E-state index contributed by atoms with van der Waals surface area (Å²) < 4.78 is 6.16. The van der Waals surface area contributed by atoms with Crippen LogP contribution in [0.3, 0.4) is 0 Å². The quantitative estimate of drug-likeness (QED) is 0.718. The lowest BCUT2D eigenvalue weighted by Crippen LogP contribution is -2.80. The number of aromatic nitrogens is 2. The summed E-state index contributed by atoms with van der Waals surface area (Å²) in [6.07, 6.45) is 2.95. The molecule has 0 saturated carbocycles. The summed E-state index contributed by atoms with van der Waals surface area (Å²) in [6, 6.07) is 4.55. The Labute approximate surface area is 155 Å². The number of piperazine rings is 1. The lowest BCUT2D eigenvalue weighted by atomic mass is 9.62. The smallest absolute Gasteiger partial charge is 0.298 e. The van der Waals surface area contributed by atoms with E-state index in [1.807, 2.05) is 11.4 Å². The SMILES string of the molecule is CC(C)(C)C12CC(CN(c3nc4c(O)ccc(-c5nccs5)c4o3)C1)N2. The molecule has 5 heterocycles. The van der Waals surface area contributed by atoms with Crippen molar-refractivity contribution < 1.29 is 9.52 Å². The molecule has 2 N–H and O–H groups in total. The third-order valence-electron chi connectivity index (χ3n) is 5.86. The highest BCUT2D eigenvalue weighted by Gasteiger charge is 2.56. The first-order valence-electron chi connectivity index (χ1n) is 8.91. The Morgan fingerprint density at radius 1 is 1.38 bits per heavy atom. The summed E-state index contributed by atoms with van der Waals surface area (Å²) in [5, 5.41) is 16.8. The van der Waals surface area contributed by atoms with Crippen LogP contribution in [0.2, 0.25) is 0 Å². The first-order valence-corrected chi connectivity index (χ1v) is 9.79. The number of aromatic hydroxyl groups is 1. The van der Waals surface area contributed by atoms with E-state index in [1.54, 1.807) is 23.6 Å². The molecule has 3 aromatic rings. The van der Waals surface area contributed by atoms with Crippen LogP contribution in [0.1, 0.15) is 27.2 Å². The van der Waals surface area contributed by atoms with E-state index in [4.69, 9.17) is 4.42 Å². The third-order valence-corrected chi connectivity index (χ3v) is 6.66. The average molecular weight is 370 g/mol. The molecule has 2 bridgehead atoms. The first kappa shape index (κ1) is 16.1. The normalized spacial score (nSPS) is 25.5. The molecule has 2 aromatic heterocycles. The van der Waals surface area contributed by atoms with Crippen molar-refractivity contribution in [3.8, 4) is 16.3 Å². The predicted octanol–water partition coefficient (Wildman–Crippen LogP) is 3.62. The summed E-state index contributed by atoms with van der Waals surface area (Å²) in [5.74, 6) is 0.140.